The number of methoxy groups -OCH3 is 1. The van der Waals surface area contributed by atoms with Gasteiger partial charge in [-0.05, 0) is 24.8 Å². The van der Waals surface area contributed by atoms with Crippen molar-refractivity contribution in [1.82, 2.24) is 5.32 Å². The molecule has 1 aromatic carbocycles. The molecule has 0 radical (unpaired) electrons. The summed E-state index contributed by atoms with van der Waals surface area (Å²) in [6.07, 6.45) is 0.796. The number of hydrogen-bond acceptors (Lipinski definition) is 3. The molecule has 3 nitrogen and oxygen atoms in total. The molecule has 0 aromatic heterocycles. The third kappa shape index (κ3) is 4.82. The molecule has 0 saturated heterocycles. The fourth-order valence-corrected chi connectivity index (χ4v) is 2.18. The van der Waals surface area contributed by atoms with E-state index < -0.39 is 0 Å². The van der Waals surface area contributed by atoms with Gasteiger partial charge in [-0.15, -0.1) is 6.58 Å². The van der Waals surface area contributed by atoms with Gasteiger partial charge in [-0.3, -0.25) is 10.1 Å². The van der Waals surface area contributed by atoms with E-state index >= 15 is 0 Å². The van der Waals surface area contributed by atoms with E-state index in [-0.39, 0.29) is 24.0 Å². The molecule has 0 spiro atoms. The number of benzene rings is 1. The molecule has 0 heterocycles. The van der Waals surface area contributed by atoms with E-state index in [0.717, 1.165) is 17.6 Å². The van der Waals surface area contributed by atoms with E-state index in [1.165, 1.54) is 7.11 Å². The number of carbonyl (C=O) groups excluding carboxylic acids is 1. The zero-order chi connectivity index (χ0) is 15.1. The van der Waals surface area contributed by atoms with Gasteiger partial charge in [-0.2, -0.15) is 0 Å². The Kier molecular flexibility index (Phi) is 6.46. The Morgan fingerprint density at radius 2 is 1.90 bits per heavy atom. The van der Waals surface area contributed by atoms with Crippen LogP contribution in [0, 0.1) is 5.92 Å². The van der Waals surface area contributed by atoms with Crippen molar-refractivity contribution in [2.24, 2.45) is 5.92 Å². The molecule has 20 heavy (non-hydrogen) atoms. The van der Waals surface area contributed by atoms with Gasteiger partial charge in [-0.25, -0.2) is 0 Å². The molecule has 2 atom stereocenters. The average Bonchev–Trinajstić information content (AvgIpc) is 2.42. The van der Waals surface area contributed by atoms with Crippen molar-refractivity contribution in [3.8, 4) is 0 Å². The summed E-state index contributed by atoms with van der Waals surface area (Å²) in [7, 11) is 1.43. The molecule has 0 aliphatic carbocycles. The molecule has 3 heteroatoms. The van der Waals surface area contributed by atoms with Crippen LogP contribution in [-0.4, -0.2) is 19.1 Å². The van der Waals surface area contributed by atoms with Gasteiger partial charge in [0.15, 0.2) is 0 Å². The first kappa shape index (κ1) is 16.4. The lowest BCUT2D eigenvalue weighted by Crippen LogP contribution is -2.43. The lowest BCUT2D eigenvalue weighted by atomic mass is 9.96. The van der Waals surface area contributed by atoms with Gasteiger partial charge in [0.1, 0.15) is 6.04 Å². The molecule has 0 aliphatic rings. The van der Waals surface area contributed by atoms with Crippen LogP contribution in [0.15, 0.2) is 42.5 Å². The van der Waals surface area contributed by atoms with Gasteiger partial charge >= 0.3 is 5.97 Å². The fraction of sp³-hybridized carbons (Fsp3) is 0.471. The van der Waals surface area contributed by atoms with Crippen molar-refractivity contribution in [1.29, 1.82) is 0 Å². The summed E-state index contributed by atoms with van der Waals surface area (Å²) in [5.74, 6) is -0.0542. The van der Waals surface area contributed by atoms with E-state index in [2.05, 4.69) is 24.0 Å². The normalized spacial score (nSPS) is 13.8. The predicted molar refractivity (Wildman–Crippen MR) is 82.4 cm³/mol. The smallest absolute Gasteiger partial charge is 0.323 e. The molecule has 0 aliphatic heterocycles. The summed E-state index contributed by atoms with van der Waals surface area (Å²) < 4.78 is 4.89. The third-order valence-electron chi connectivity index (χ3n) is 3.26. The van der Waals surface area contributed by atoms with Gasteiger partial charge in [0.25, 0.3) is 0 Å². The third-order valence-corrected chi connectivity index (χ3v) is 3.26. The van der Waals surface area contributed by atoms with Gasteiger partial charge in [0.2, 0.25) is 0 Å². The van der Waals surface area contributed by atoms with Crippen LogP contribution >= 0.6 is 0 Å². The quantitative estimate of drug-likeness (QED) is 0.611. The highest BCUT2D eigenvalue weighted by Crippen LogP contribution is 2.22. The largest absolute Gasteiger partial charge is 0.468 e. The van der Waals surface area contributed by atoms with Gasteiger partial charge < -0.3 is 4.74 Å². The summed E-state index contributed by atoms with van der Waals surface area (Å²) in [6, 6.07) is 9.88. The molecule has 1 aromatic rings. The second-order valence-electron chi connectivity index (χ2n) is 5.54. The van der Waals surface area contributed by atoms with Gasteiger partial charge in [-0.1, -0.05) is 49.8 Å². The number of carbonyl (C=O) groups is 1. The fourth-order valence-electron chi connectivity index (χ4n) is 2.18. The minimum atomic E-state index is -0.315. The Labute approximate surface area is 122 Å². The second kappa shape index (κ2) is 7.85. The van der Waals surface area contributed by atoms with E-state index in [1.54, 1.807) is 0 Å². The molecule has 0 saturated carbocycles. The van der Waals surface area contributed by atoms with Crippen LogP contribution in [-0.2, 0) is 9.53 Å². The van der Waals surface area contributed by atoms with E-state index in [4.69, 9.17) is 4.74 Å². The standard InChI is InChI=1S/C17H25NO2/c1-12(2)11-15(14-9-7-6-8-10-14)18-16(13(3)4)17(19)20-5/h6-10,13,15-16,18H,1,11H2,2-5H3/t15-,16-/m0/s1. The highest BCUT2D eigenvalue weighted by Gasteiger charge is 2.26. The van der Waals surface area contributed by atoms with Crippen molar-refractivity contribution in [2.45, 2.75) is 39.3 Å². The summed E-state index contributed by atoms with van der Waals surface area (Å²) >= 11 is 0. The number of esters is 1. The summed E-state index contributed by atoms with van der Waals surface area (Å²) in [5, 5.41) is 3.42. The summed E-state index contributed by atoms with van der Waals surface area (Å²) in [5.41, 5.74) is 2.24. The van der Waals surface area contributed by atoms with Crippen LogP contribution < -0.4 is 5.32 Å². The first-order valence-corrected chi connectivity index (χ1v) is 6.99. The van der Waals surface area contributed by atoms with Crippen molar-refractivity contribution in [2.75, 3.05) is 7.11 Å². The van der Waals surface area contributed by atoms with E-state index in [0.29, 0.717) is 0 Å². The predicted octanol–water partition coefficient (Wildman–Crippen LogP) is 3.48. The Bertz CT molecular complexity index is 440. The molecule has 110 valence electrons. The van der Waals surface area contributed by atoms with Crippen LogP contribution in [0.5, 0.6) is 0 Å². The second-order valence-corrected chi connectivity index (χ2v) is 5.54. The van der Waals surface area contributed by atoms with Crippen molar-refractivity contribution < 1.29 is 9.53 Å². The maximum absolute atomic E-state index is 11.9. The van der Waals surface area contributed by atoms with Crippen LogP contribution in [0.25, 0.3) is 0 Å². The molecular weight excluding hydrogens is 250 g/mol. The van der Waals surface area contributed by atoms with Crippen LogP contribution in [0.1, 0.15) is 38.8 Å². The Morgan fingerprint density at radius 1 is 1.30 bits per heavy atom. The molecule has 0 fully saturated rings. The maximum atomic E-state index is 11.9. The molecule has 0 bridgehead atoms. The van der Waals surface area contributed by atoms with E-state index in [9.17, 15) is 4.79 Å². The molecule has 1 rings (SSSR count). The summed E-state index contributed by atoms with van der Waals surface area (Å²) in [6.45, 7) is 10.0. The number of rotatable bonds is 7. The van der Waals surface area contributed by atoms with Crippen LogP contribution in [0.3, 0.4) is 0 Å². The Balaban J connectivity index is 2.93. The first-order chi connectivity index (χ1) is 9.45. The summed E-state index contributed by atoms with van der Waals surface area (Å²) in [4.78, 5) is 11.9. The molecule has 0 unspecified atom stereocenters. The monoisotopic (exact) mass is 275 g/mol. The topological polar surface area (TPSA) is 38.3 Å². The minimum absolute atomic E-state index is 0.0696. The molecular formula is C17H25NO2. The highest BCUT2D eigenvalue weighted by molar-refractivity contribution is 5.76. The molecule has 1 N–H and O–H groups in total. The first-order valence-electron chi connectivity index (χ1n) is 6.99. The average molecular weight is 275 g/mol. The number of hydrogen-bond donors (Lipinski definition) is 1. The van der Waals surface area contributed by atoms with Crippen molar-refractivity contribution >= 4 is 5.97 Å². The van der Waals surface area contributed by atoms with E-state index in [1.807, 2.05) is 39.0 Å². The van der Waals surface area contributed by atoms with Gasteiger partial charge in [0, 0.05) is 6.04 Å². The van der Waals surface area contributed by atoms with Crippen molar-refractivity contribution in [3.05, 3.63) is 48.0 Å². The zero-order valence-corrected chi connectivity index (χ0v) is 12.8. The zero-order valence-electron chi connectivity index (χ0n) is 12.8. The van der Waals surface area contributed by atoms with Crippen LogP contribution in [0.2, 0.25) is 0 Å². The Hall–Kier alpha value is -1.61. The highest BCUT2D eigenvalue weighted by atomic mass is 16.5. The van der Waals surface area contributed by atoms with Gasteiger partial charge in [0.05, 0.1) is 7.11 Å². The van der Waals surface area contributed by atoms with Crippen molar-refractivity contribution in [3.63, 3.8) is 0 Å². The molecule has 0 amide bonds. The van der Waals surface area contributed by atoms with Crippen LogP contribution in [0.4, 0.5) is 0 Å². The maximum Gasteiger partial charge on any atom is 0.323 e. The Morgan fingerprint density at radius 3 is 2.35 bits per heavy atom. The number of ether oxygens (including phenoxy) is 1. The SMILES string of the molecule is C=C(C)C[C@H](N[C@H](C(=O)OC)C(C)C)c1ccccc1. The lowest BCUT2D eigenvalue weighted by molar-refractivity contribution is -0.144. The number of nitrogens with one attached hydrogen (secondary N) is 1. The lowest BCUT2D eigenvalue weighted by Gasteiger charge is -2.27. The minimum Gasteiger partial charge on any atom is -0.468 e.